The average Bonchev–Trinajstić information content (AvgIpc) is 2.95. The van der Waals surface area contributed by atoms with E-state index in [9.17, 15) is 9.59 Å². The molecule has 4 rings (SSSR count). The molecule has 0 bridgehead atoms. The Morgan fingerprint density at radius 3 is 2.30 bits per heavy atom. The third-order valence-electron chi connectivity index (χ3n) is 5.52. The second kappa shape index (κ2) is 5.64. The Bertz CT molecular complexity index is 616. The van der Waals surface area contributed by atoms with E-state index in [4.69, 9.17) is 0 Å². The molecule has 2 N–H and O–H groups in total. The summed E-state index contributed by atoms with van der Waals surface area (Å²) in [6.07, 6.45) is 0.981. The number of benzene rings is 1. The van der Waals surface area contributed by atoms with Crippen LogP contribution in [0.4, 0.5) is 5.69 Å². The largest absolute Gasteiger partial charge is 0.338 e. The molecule has 2 aliphatic heterocycles. The Balaban J connectivity index is 1.38. The number of nitrogens with zero attached hydrogens (tertiary/aromatic N) is 1. The first kappa shape index (κ1) is 14.7. The van der Waals surface area contributed by atoms with Crippen LogP contribution in [0.5, 0.6) is 0 Å². The Kier molecular flexibility index (Phi) is 3.60. The van der Waals surface area contributed by atoms with Gasteiger partial charge in [0, 0.05) is 43.3 Å². The fraction of sp³-hybridized carbons (Fsp3) is 0.556. The zero-order valence-electron chi connectivity index (χ0n) is 13.4. The van der Waals surface area contributed by atoms with Crippen LogP contribution in [0.2, 0.25) is 0 Å². The molecule has 3 aliphatic rings. The molecular weight excluding hydrogens is 290 g/mol. The second-order valence-electron chi connectivity index (χ2n) is 7.27. The molecule has 0 radical (unpaired) electrons. The lowest BCUT2D eigenvalue weighted by Crippen LogP contribution is -2.31. The number of nitrogens with one attached hydrogen (secondary N) is 2. The molecule has 1 aromatic carbocycles. The van der Waals surface area contributed by atoms with E-state index in [0.29, 0.717) is 23.3 Å². The predicted molar refractivity (Wildman–Crippen MR) is 88.1 cm³/mol. The summed E-state index contributed by atoms with van der Waals surface area (Å²) in [6.45, 7) is 5.86. The first-order valence-corrected chi connectivity index (χ1v) is 8.52. The molecule has 0 spiro atoms. The highest BCUT2D eigenvalue weighted by Gasteiger charge is 2.39. The molecule has 1 saturated carbocycles. The summed E-state index contributed by atoms with van der Waals surface area (Å²) in [7, 11) is 0. The van der Waals surface area contributed by atoms with E-state index in [1.807, 2.05) is 29.2 Å². The first-order chi connectivity index (χ1) is 11.1. The van der Waals surface area contributed by atoms with Gasteiger partial charge in [-0.3, -0.25) is 9.59 Å². The van der Waals surface area contributed by atoms with Crippen molar-refractivity contribution in [3.05, 3.63) is 29.8 Å². The van der Waals surface area contributed by atoms with Crippen LogP contribution in [0.1, 0.15) is 23.7 Å². The van der Waals surface area contributed by atoms with Gasteiger partial charge in [-0.05, 0) is 48.4 Å². The Morgan fingerprint density at radius 1 is 1.13 bits per heavy atom. The van der Waals surface area contributed by atoms with Crippen LogP contribution in [0, 0.1) is 23.7 Å². The molecule has 1 aromatic rings. The molecule has 5 heteroatoms. The monoisotopic (exact) mass is 313 g/mol. The maximum absolute atomic E-state index is 12.6. The topological polar surface area (TPSA) is 61.4 Å². The van der Waals surface area contributed by atoms with Crippen molar-refractivity contribution in [3.63, 3.8) is 0 Å². The van der Waals surface area contributed by atoms with Crippen LogP contribution in [0.25, 0.3) is 0 Å². The molecule has 2 unspecified atom stereocenters. The number of carbonyl (C=O) groups excluding carboxylic acids is 2. The van der Waals surface area contributed by atoms with E-state index < -0.39 is 0 Å². The van der Waals surface area contributed by atoms with Crippen molar-refractivity contribution >= 4 is 17.5 Å². The average molecular weight is 313 g/mol. The highest BCUT2D eigenvalue weighted by Crippen LogP contribution is 2.38. The molecule has 2 heterocycles. The Labute approximate surface area is 136 Å². The number of likely N-dealkylation sites (tertiary alicyclic amines) is 1. The zero-order chi connectivity index (χ0) is 16.0. The second-order valence-corrected chi connectivity index (χ2v) is 7.27. The van der Waals surface area contributed by atoms with Crippen LogP contribution in [0.3, 0.4) is 0 Å². The minimum atomic E-state index is 0.0939. The van der Waals surface area contributed by atoms with E-state index in [1.165, 1.54) is 0 Å². The highest BCUT2D eigenvalue weighted by atomic mass is 16.2. The fourth-order valence-electron chi connectivity index (χ4n) is 3.82. The van der Waals surface area contributed by atoms with Crippen molar-refractivity contribution in [1.29, 1.82) is 0 Å². The lowest BCUT2D eigenvalue weighted by molar-refractivity contribution is -0.117. The fourth-order valence-corrected chi connectivity index (χ4v) is 3.82. The maximum atomic E-state index is 12.6. The van der Waals surface area contributed by atoms with Crippen LogP contribution in [-0.4, -0.2) is 42.9 Å². The summed E-state index contributed by atoms with van der Waals surface area (Å²) in [5.74, 6) is 2.08. The zero-order valence-corrected chi connectivity index (χ0v) is 13.4. The van der Waals surface area contributed by atoms with Crippen LogP contribution in [0.15, 0.2) is 24.3 Å². The molecule has 2 saturated heterocycles. The number of hydrogen-bond donors (Lipinski definition) is 2. The smallest absolute Gasteiger partial charge is 0.253 e. The molecule has 5 nitrogen and oxygen atoms in total. The van der Waals surface area contributed by atoms with E-state index >= 15 is 0 Å². The number of anilines is 1. The lowest BCUT2D eigenvalue weighted by Gasteiger charge is -2.17. The van der Waals surface area contributed by atoms with Gasteiger partial charge in [-0.2, -0.15) is 0 Å². The van der Waals surface area contributed by atoms with Crippen molar-refractivity contribution in [1.82, 2.24) is 10.2 Å². The van der Waals surface area contributed by atoms with E-state index in [1.54, 1.807) is 0 Å². The quantitative estimate of drug-likeness (QED) is 0.890. The van der Waals surface area contributed by atoms with Gasteiger partial charge in [-0.15, -0.1) is 0 Å². The van der Waals surface area contributed by atoms with Gasteiger partial charge in [0.25, 0.3) is 5.91 Å². The third-order valence-corrected chi connectivity index (χ3v) is 5.52. The van der Waals surface area contributed by atoms with Gasteiger partial charge in [0.1, 0.15) is 0 Å². The van der Waals surface area contributed by atoms with Crippen molar-refractivity contribution in [3.8, 4) is 0 Å². The molecular formula is C18H23N3O2. The summed E-state index contributed by atoms with van der Waals surface area (Å²) >= 11 is 0. The Hall–Kier alpha value is -1.88. The number of carbonyl (C=O) groups is 2. The number of fused-ring (bicyclic) bond motifs is 1. The van der Waals surface area contributed by atoms with Gasteiger partial charge < -0.3 is 15.5 Å². The van der Waals surface area contributed by atoms with Crippen LogP contribution >= 0.6 is 0 Å². The molecule has 3 fully saturated rings. The van der Waals surface area contributed by atoms with Crippen molar-refractivity contribution in [2.45, 2.75) is 13.3 Å². The number of hydrogen-bond acceptors (Lipinski definition) is 3. The third kappa shape index (κ3) is 2.85. The SMILES string of the molecule is CC1CC1C(=O)Nc1ccc(C(=O)N2C[C@H]3CNC[C@H]3C2)cc1. The van der Waals surface area contributed by atoms with Gasteiger partial charge >= 0.3 is 0 Å². The van der Waals surface area contributed by atoms with E-state index in [2.05, 4.69) is 17.6 Å². The predicted octanol–water partition coefficient (Wildman–Crippen LogP) is 1.57. The minimum absolute atomic E-state index is 0.0939. The van der Waals surface area contributed by atoms with Crippen molar-refractivity contribution < 1.29 is 9.59 Å². The number of rotatable bonds is 3. The lowest BCUT2D eigenvalue weighted by atomic mass is 10.0. The summed E-state index contributed by atoms with van der Waals surface area (Å²) in [5, 5.41) is 6.32. The van der Waals surface area contributed by atoms with E-state index in [-0.39, 0.29) is 17.7 Å². The van der Waals surface area contributed by atoms with Gasteiger partial charge in [0.15, 0.2) is 0 Å². The summed E-state index contributed by atoms with van der Waals surface area (Å²) in [4.78, 5) is 26.5. The molecule has 2 amide bonds. The number of amides is 2. The summed E-state index contributed by atoms with van der Waals surface area (Å²) < 4.78 is 0. The van der Waals surface area contributed by atoms with Crippen molar-refractivity contribution in [2.75, 3.05) is 31.5 Å². The minimum Gasteiger partial charge on any atom is -0.338 e. The molecule has 23 heavy (non-hydrogen) atoms. The Morgan fingerprint density at radius 2 is 1.74 bits per heavy atom. The van der Waals surface area contributed by atoms with Gasteiger partial charge in [0.2, 0.25) is 5.91 Å². The normalized spacial score (nSPS) is 31.8. The molecule has 122 valence electrons. The highest BCUT2D eigenvalue weighted by molar-refractivity contribution is 5.97. The van der Waals surface area contributed by atoms with Gasteiger partial charge in [-0.1, -0.05) is 6.92 Å². The first-order valence-electron chi connectivity index (χ1n) is 8.52. The van der Waals surface area contributed by atoms with Gasteiger partial charge in [0.05, 0.1) is 0 Å². The van der Waals surface area contributed by atoms with Crippen LogP contribution < -0.4 is 10.6 Å². The summed E-state index contributed by atoms with van der Waals surface area (Å²) in [5.41, 5.74) is 1.48. The van der Waals surface area contributed by atoms with E-state index in [0.717, 1.165) is 38.3 Å². The van der Waals surface area contributed by atoms with Crippen LogP contribution in [-0.2, 0) is 4.79 Å². The molecule has 0 aromatic heterocycles. The molecule has 4 atom stereocenters. The van der Waals surface area contributed by atoms with Gasteiger partial charge in [-0.25, -0.2) is 0 Å². The maximum Gasteiger partial charge on any atom is 0.253 e. The standard InChI is InChI=1S/C18H23N3O2/c1-11-6-16(11)17(22)20-15-4-2-12(3-5-15)18(23)21-9-13-7-19-8-14(13)10-21/h2-5,11,13-14,16,19H,6-10H2,1H3,(H,20,22)/t11?,13-,14+,16?. The van der Waals surface area contributed by atoms with Crippen molar-refractivity contribution in [2.24, 2.45) is 23.7 Å². The molecule has 1 aliphatic carbocycles. The summed E-state index contributed by atoms with van der Waals surface area (Å²) in [6, 6.07) is 7.30.